The molecular weight excluding hydrogens is 252 g/mol. The van der Waals surface area contributed by atoms with E-state index < -0.39 is 0 Å². The van der Waals surface area contributed by atoms with Gasteiger partial charge < -0.3 is 5.32 Å². The molecule has 1 N–H and O–H groups in total. The zero-order chi connectivity index (χ0) is 9.68. The Bertz CT molecular complexity index is 263. The molecular formula is C8H11BrN2OS. The van der Waals surface area contributed by atoms with E-state index in [0.29, 0.717) is 6.54 Å². The Kier molecular flexibility index (Phi) is 4.38. The van der Waals surface area contributed by atoms with E-state index in [1.807, 2.05) is 6.92 Å². The molecule has 0 aliphatic rings. The number of rotatable bonds is 4. The van der Waals surface area contributed by atoms with E-state index in [2.05, 4.69) is 26.2 Å². The van der Waals surface area contributed by atoms with E-state index in [0.717, 1.165) is 11.3 Å². The van der Waals surface area contributed by atoms with E-state index in [-0.39, 0.29) is 10.7 Å². The number of nitrogens with zero attached hydrogens (tertiary/aromatic N) is 1. The fraction of sp³-hybridized carbons (Fsp3) is 0.500. The van der Waals surface area contributed by atoms with Crippen LogP contribution in [-0.4, -0.2) is 15.7 Å². The van der Waals surface area contributed by atoms with E-state index >= 15 is 0 Å². The minimum Gasteiger partial charge on any atom is -0.350 e. The first kappa shape index (κ1) is 10.7. The fourth-order valence-electron chi connectivity index (χ4n) is 0.800. The first-order valence-corrected chi connectivity index (χ1v) is 5.82. The number of aromatic nitrogens is 1. The highest BCUT2D eigenvalue weighted by Crippen LogP contribution is 2.07. The van der Waals surface area contributed by atoms with Gasteiger partial charge in [0.1, 0.15) is 0 Å². The second kappa shape index (κ2) is 5.34. The number of carbonyl (C=O) groups is 1. The molecule has 0 aliphatic heterocycles. The van der Waals surface area contributed by atoms with Crippen molar-refractivity contribution in [2.24, 2.45) is 0 Å². The average Bonchev–Trinajstić information content (AvgIpc) is 2.65. The zero-order valence-corrected chi connectivity index (χ0v) is 9.69. The van der Waals surface area contributed by atoms with Gasteiger partial charge in [0.25, 0.3) is 0 Å². The summed E-state index contributed by atoms with van der Waals surface area (Å²) in [5.41, 5.74) is 1.76. The largest absolute Gasteiger partial charge is 0.350 e. The molecule has 72 valence electrons. The van der Waals surface area contributed by atoms with E-state index in [1.165, 1.54) is 0 Å². The van der Waals surface area contributed by atoms with Gasteiger partial charge in [-0.2, -0.15) is 0 Å². The first-order chi connectivity index (χ1) is 6.24. The van der Waals surface area contributed by atoms with Crippen LogP contribution in [0.5, 0.6) is 0 Å². The quantitative estimate of drug-likeness (QED) is 0.843. The standard InChI is InChI=1S/C8H11BrN2OS/c1-2-7(9)8(12)11-4-6-3-10-5-13-6/h3,5,7H,2,4H2,1H3,(H,11,12). The van der Waals surface area contributed by atoms with Crippen LogP contribution in [0.3, 0.4) is 0 Å². The van der Waals surface area contributed by atoms with Gasteiger partial charge in [-0.25, -0.2) is 0 Å². The molecule has 1 atom stereocenters. The Balaban J connectivity index is 2.31. The van der Waals surface area contributed by atoms with Crippen molar-refractivity contribution in [2.45, 2.75) is 24.7 Å². The molecule has 1 aromatic rings. The van der Waals surface area contributed by atoms with E-state index in [1.54, 1.807) is 23.0 Å². The summed E-state index contributed by atoms with van der Waals surface area (Å²) in [5.74, 6) is 0.0379. The van der Waals surface area contributed by atoms with Crippen molar-refractivity contribution < 1.29 is 4.79 Å². The number of hydrogen-bond acceptors (Lipinski definition) is 3. The monoisotopic (exact) mass is 262 g/mol. The second-order valence-corrected chi connectivity index (χ2v) is 4.64. The normalized spacial score (nSPS) is 12.5. The van der Waals surface area contributed by atoms with Crippen molar-refractivity contribution in [3.8, 4) is 0 Å². The highest BCUT2D eigenvalue weighted by molar-refractivity contribution is 9.10. The molecule has 0 spiro atoms. The predicted molar refractivity (Wildman–Crippen MR) is 57.0 cm³/mol. The summed E-state index contributed by atoms with van der Waals surface area (Å²) in [7, 11) is 0. The highest BCUT2D eigenvalue weighted by atomic mass is 79.9. The summed E-state index contributed by atoms with van der Waals surface area (Å²) in [4.78, 5) is 16.2. The van der Waals surface area contributed by atoms with E-state index in [4.69, 9.17) is 0 Å². The van der Waals surface area contributed by atoms with Gasteiger partial charge >= 0.3 is 0 Å². The molecule has 1 unspecified atom stereocenters. The molecule has 0 saturated heterocycles. The van der Waals surface area contributed by atoms with Crippen LogP contribution in [0.4, 0.5) is 0 Å². The van der Waals surface area contributed by atoms with Crippen LogP contribution in [0.25, 0.3) is 0 Å². The summed E-state index contributed by atoms with van der Waals surface area (Å²) in [5, 5.41) is 2.82. The van der Waals surface area contributed by atoms with Gasteiger partial charge in [-0.15, -0.1) is 11.3 Å². The smallest absolute Gasteiger partial charge is 0.234 e. The van der Waals surface area contributed by atoms with Crippen molar-refractivity contribution >= 4 is 33.2 Å². The third kappa shape index (κ3) is 3.44. The van der Waals surface area contributed by atoms with Crippen LogP contribution in [-0.2, 0) is 11.3 Å². The lowest BCUT2D eigenvalue weighted by Crippen LogP contribution is -2.29. The van der Waals surface area contributed by atoms with Gasteiger partial charge in [-0.3, -0.25) is 9.78 Å². The number of hydrogen-bond donors (Lipinski definition) is 1. The third-order valence-electron chi connectivity index (χ3n) is 1.56. The Morgan fingerprint density at radius 3 is 3.15 bits per heavy atom. The van der Waals surface area contributed by atoms with Gasteiger partial charge in [0.05, 0.1) is 16.9 Å². The lowest BCUT2D eigenvalue weighted by Gasteiger charge is -2.06. The lowest BCUT2D eigenvalue weighted by atomic mass is 10.3. The molecule has 0 saturated carbocycles. The number of alkyl halides is 1. The number of halogens is 1. The minimum absolute atomic E-state index is 0.0379. The number of thiazole rings is 1. The van der Waals surface area contributed by atoms with Crippen LogP contribution in [0.2, 0.25) is 0 Å². The molecule has 1 rings (SSSR count). The molecule has 0 aliphatic carbocycles. The number of amides is 1. The molecule has 5 heteroatoms. The second-order valence-electron chi connectivity index (χ2n) is 2.56. The van der Waals surface area contributed by atoms with Crippen LogP contribution in [0.15, 0.2) is 11.7 Å². The Labute approximate surface area is 89.7 Å². The Hall–Kier alpha value is -0.420. The average molecular weight is 263 g/mol. The summed E-state index contributed by atoms with van der Waals surface area (Å²) in [6.07, 6.45) is 2.56. The molecule has 0 aromatic carbocycles. The molecule has 0 bridgehead atoms. The predicted octanol–water partition coefficient (Wildman–Crippen LogP) is 1.93. The lowest BCUT2D eigenvalue weighted by molar-refractivity contribution is -0.120. The maximum Gasteiger partial charge on any atom is 0.234 e. The summed E-state index contributed by atoms with van der Waals surface area (Å²) in [6.45, 7) is 2.54. The first-order valence-electron chi connectivity index (χ1n) is 4.03. The van der Waals surface area contributed by atoms with Crippen LogP contribution in [0, 0.1) is 0 Å². The summed E-state index contributed by atoms with van der Waals surface area (Å²) >= 11 is 4.83. The highest BCUT2D eigenvalue weighted by Gasteiger charge is 2.11. The fourth-order valence-corrected chi connectivity index (χ4v) is 1.50. The van der Waals surface area contributed by atoms with Gasteiger partial charge in [-0.1, -0.05) is 22.9 Å². The van der Waals surface area contributed by atoms with Crippen molar-refractivity contribution in [3.05, 3.63) is 16.6 Å². The maximum atomic E-state index is 11.3. The van der Waals surface area contributed by atoms with Crippen LogP contribution in [0.1, 0.15) is 18.2 Å². The molecule has 1 aromatic heterocycles. The number of carbonyl (C=O) groups excluding carboxylic acids is 1. The van der Waals surface area contributed by atoms with Gasteiger partial charge in [0.2, 0.25) is 5.91 Å². The molecule has 3 nitrogen and oxygen atoms in total. The topological polar surface area (TPSA) is 42.0 Å². The summed E-state index contributed by atoms with van der Waals surface area (Å²) < 4.78 is 0. The SMILES string of the molecule is CCC(Br)C(=O)NCc1cncs1. The molecule has 1 heterocycles. The van der Waals surface area contributed by atoms with Gasteiger partial charge in [0, 0.05) is 11.1 Å². The maximum absolute atomic E-state index is 11.3. The Morgan fingerprint density at radius 1 is 1.85 bits per heavy atom. The molecule has 0 radical (unpaired) electrons. The van der Waals surface area contributed by atoms with Gasteiger partial charge in [-0.05, 0) is 6.42 Å². The third-order valence-corrected chi connectivity index (χ3v) is 3.41. The molecule has 1 amide bonds. The molecule has 13 heavy (non-hydrogen) atoms. The van der Waals surface area contributed by atoms with Crippen molar-refractivity contribution in [2.75, 3.05) is 0 Å². The van der Waals surface area contributed by atoms with E-state index in [9.17, 15) is 4.79 Å². The number of nitrogens with one attached hydrogen (secondary N) is 1. The van der Waals surface area contributed by atoms with Crippen LogP contribution < -0.4 is 5.32 Å². The van der Waals surface area contributed by atoms with Crippen molar-refractivity contribution in [3.63, 3.8) is 0 Å². The Morgan fingerprint density at radius 2 is 2.62 bits per heavy atom. The minimum atomic E-state index is -0.0829. The van der Waals surface area contributed by atoms with Crippen LogP contribution >= 0.6 is 27.3 Å². The van der Waals surface area contributed by atoms with Gasteiger partial charge in [0.15, 0.2) is 0 Å². The zero-order valence-electron chi connectivity index (χ0n) is 7.29. The van der Waals surface area contributed by atoms with Crippen molar-refractivity contribution in [1.82, 2.24) is 10.3 Å². The summed E-state index contributed by atoms with van der Waals surface area (Å²) in [6, 6.07) is 0. The molecule has 0 fully saturated rings. The van der Waals surface area contributed by atoms with Crippen molar-refractivity contribution in [1.29, 1.82) is 0 Å².